The second-order valence-corrected chi connectivity index (χ2v) is 9.38. The summed E-state index contributed by atoms with van der Waals surface area (Å²) >= 11 is 1.54. The van der Waals surface area contributed by atoms with Gasteiger partial charge in [-0.1, -0.05) is 36.4 Å². The molecule has 0 spiro atoms. The number of carbonyl (C=O) groups is 1. The number of carbonyl (C=O) groups excluding carboxylic acids is 1. The van der Waals surface area contributed by atoms with Gasteiger partial charge in [0, 0.05) is 17.3 Å². The number of furan rings is 1. The van der Waals surface area contributed by atoms with Crippen LogP contribution in [0.3, 0.4) is 0 Å². The van der Waals surface area contributed by atoms with Crippen LogP contribution in [-0.2, 0) is 27.9 Å². The van der Waals surface area contributed by atoms with Crippen molar-refractivity contribution in [1.82, 2.24) is 9.21 Å². The zero-order chi connectivity index (χ0) is 20.7. The SMILES string of the molecule is CN(CC(=O)N(Cc1ccco1)Cc1cccs1)S(=O)(=O)C=Cc1ccccc1. The van der Waals surface area contributed by atoms with E-state index in [0.29, 0.717) is 12.3 Å². The molecule has 1 amide bonds. The quantitative estimate of drug-likeness (QED) is 0.518. The van der Waals surface area contributed by atoms with Gasteiger partial charge in [0.05, 0.1) is 25.9 Å². The molecule has 6 nitrogen and oxygen atoms in total. The molecule has 8 heteroatoms. The fraction of sp³-hybridized carbons (Fsp3) is 0.190. The van der Waals surface area contributed by atoms with Gasteiger partial charge < -0.3 is 9.32 Å². The standard InChI is InChI=1S/C21H22N2O4S2/c1-22(29(25,26)14-11-18-7-3-2-4-8-18)17-21(24)23(15-19-9-5-12-27-19)16-20-10-6-13-28-20/h2-14H,15-17H2,1H3. The van der Waals surface area contributed by atoms with Gasteiger partial charge in [0.15, 0.2) is 0 Å². The van der Waals surface area contributed by atoms with Gasteiger partial charge in [0.2, 0.25) is 15.9 Å². The third kappa shape index (κ3) is 6.15. The van der Waals surface area contributed by atoms with E-state index >= 15 is 0 Å². The molecule has 0 radical (unpaired) electrons. The summed E-state index contributed by atoms with van der Waals surface area (Å²) in [5.74, 6) is 0.346. The number of sulfonamides is 1. The number of likely N-dealkylation sites (N-methyl/N-ethyl adjacent to an activating group) is 1. The lowest BCUT2D eigenvalue weighted by Crippen LogP contribution is -2.39. The van der Waals surface area contributed by atoms with E-state index < -0.39 is 10.0 Å². The zero-order valence-corrected chi connectivity index (χ0v) is 17.6. The van der Waals surface area contributed by atoms with Crippen LogP contribution in [0.4, 0.5) is 0 Å². The van der Waals surface area contributed by atoms with Gasteiger partial charge in [-0.3, -0.25) is 4.79 Å². The van der Waals surface area contributed by atoms with Crippen LogP contribution in [0.25, 0.3) is 6.08 Å². The van der Waals surface area contributed by atoms with Gasteiger partial charge >= 0.3 is 0 Å². The molecule has 0 saturated heterocycles. The van der Waals surface area contributed by atoms with Crippen molar-refractivity contribution in [1.29, 1.82) is 0 Å². The number of amides is 1. The first-order chi connectivity index (χ1) is 13.9. The van der Waals surface area contributed by atoms with Crippen molar-refractivity contribution < 1.29 is 17.6 Å². The molecule has 0 aliphatic carbocycles. The van der Waals surface area contributed by atoms with Gasteiger partial charge in [0.25, 0.3) is 0 Å². The van der Waals surface area contributed by atoms with Gasteiger partial charge in [-0.15, -0.1) is 11.3 Å². The van der Waals surface area contributed by atoms with E-state index in [1.807, 2.05) is 47.8 Å². The van der Waals surface area contributed by atoms with E-state index in [9.17, 15) is 13.2 Å². The van der Waals surface area contributed by atoms with E-state index in [1.54, 1.807) is 34.6 Å². The van der Waals surface area contributed by atoms with E-state index in [1.165, 1.54) is 13.1 Å². The van der Waals surface area contributed by atoms with Gasteiger partial charge in [0.1, 0.15) is 5.76 Å². The minimum atomic E-state index is -3.73. The number of nitrogens with zero attached hydrogens (tertiary/aromatic N) is 2. The minimum absolute atomic E-state index is 0.256. The molecular formula is C21H22N2O4S2. The number of hydrogen-bond donors (Lipinski definition) is 0. The van der Waals surface area contributed by atoms with Crippen molar-refractivity contribution in [3.8, 4) is 0 Å². The summed E-state index contributed by atoms with van der Waals surface area (Å²) in [5, 5.41) is 3.06. The van der Waals surface area contributed by atoms with E-state index in [-0.39, 0.29) is 19.0 Å². The molecule has 0 fully saturated rings. The van der Waals surface area contributed by atoms with Crippen LogP contribution in [0.15, 0.2) is 76.1 Å². The molecule has 3 aromatic rings. The lowest BCUT2D eigenvalue weighted by atomic mass is 10.2. The molecule has 0 N–H and O–H groups in total. The Morgan fingerprint density at radius 1 is 1.07 bits per heavy atom. The van der Waals surface area contributed by atoms with Crippen LogP contribution >= 0.6 is 11.3 Å². The summed E-state index contributed by atoms with van der Waals surface area (Å²) in [4.78, 5) is 15.5. The average molecular weight is 431 g/mol. The van der Waals surface area contributed by atoms with Crippen LogP contribution in [0, 0.1) is 0 Å². The van der Waals surface area contributed by atoms with Crippen molar-refractivity contribution in [3.05, 3.63) is 87.8 Å². The van der Waals surface area contributed by atoms with Crippen LogP contribution < -0.4 is 0 Å². The third-order valence-electron chi connectivity index (χ3n) is 4.23. The molecule has 29 heavy (non-hydrogen) atoms. The Hall–Kier alpha value is -2.68. The van der Waals surface area contributed by atoms with Crippen LogP contribution in [0.5, 0.6) is 0 Å². The largest absolute Gasteiger partial charge is 0.467 e. The second-order valence-electron chi connectivity index (χ2n) is 6.42. The molecule has 2 heterocycles. The summed E-state index contributed by atoms with van der Waals surface area (Å²) in [7, 11) is -2.33. The summed E-state index contributed by atoms with van der Waals surface area (Å²) < 4.78 is 31.5. The summed E-state index contributed by atoms with van der Waals surface area (Å²) in [6.45, 7) is 0.413. The van der Waals surface area contributed by atoms with Crippen molar-refractivity contribution in [3.63, 3.8) is 0 Å². The Bertz CT molecular complexity index is 992. The highest BCUT2D eigenvalue weighted by Crippen LogP contribution is 2.16. The topological polar surface area (TPSA) is 70.8 Å². The van der Waals surface area contributed by atoms with Crippen LogP contribution in [0.1, 0.15) is 16.2 Å². The van der Waals surface area contributed by atoms with Crippen molar-refractivity contribution >= 4 is 33.3 Å². The second kappa shape index (κ2) is 9.69. The molecular weight excluding hydrogens is 408 g/mol. The Kier molecular flexibility index (Phi) is 7.03. The molecule has 3 rings (SSSR count). The first-order valence-corrected chi connectivity index (χ1v) is 11.3. The smallest absolute Gasteiger partial charge is 0.238 e. The third-order valence-corrected chi connectivity index (χ3v) is 6.57. The fourth-order valence-electron chi connectivity index (χ4n) is 2.63. The van der Waals surface area contributed by atoms with Crippen molar-refractivity contribution in [2.75, 3.05) is 13.6 Å². The highest BCUT2D eigenvalue weighted by atomic mass is 32.2. The molecule has 0 unspecified atom stereocenters. The Morgan fingerprint density at radius 3 is 2.52 bits per heavy atom. The monoisotopic (exact) mass is 430 g/mol. The highest BCUT2D eigenvalue weighted by molar-refractivity contribution is 7.92. The molecule has 0 atom stereocenters. The van der Waals surface area contributed by atoms with Crippen LogP contribution in [-0.4, -0.2) is 37.1 Å². The summed E-state index contributed by atoms with van der Waals surface area (Å²) in [6.07, 6.45) is 3.07. The highest BCUT2D eigenvalue weighted by Gasteiger charge is 2.23. The first kappa shape index (κ1) is 21.0. The first-order valence-electron chi connectivity index (χ1n) is 8.96. The maximum Gasteiger partial charge on any atom is 0.238 e. The van der Waals surface area contributed by atoms with E-state index in [0.717, 1.165) is 20.2 Å². The number of hydrogen-bond acceptors (Lipinski definition) is 5. The predicted octanol–water partition coefficient (Wildman–Crippen LogP) is 3.80. The van der Waals surface area contributed by atoms with Gasteiger partial charge in [-0.25, -0.2) is 8.42 Å². The minimum Gasteiger partial charge on any atom is -0.467 e. The summed E-state index contributed by atoms with van der Waals surface area (Å²) in [5.41, 5.74) is 0.771. The summed E-state index contributed by atoms with van der Waals surface area (Å²) in [6, 6.07) is 16.5. The zero-order valence-electron chi connectivity index (χ0n) is 16.0. The lowest BCUT2D eigenvalue weighted by molar-refractivity contribution is -0.132. The normalized spacial score (nSPS) is 11.9. The Balaban J connectivity index is 1.69. The predicted molar refractivity (Wildman–Crippen MR) is 114 cm³/mol. The molecule has 1 aromatic carbocycles. The van der Waals surface area contributed by atoms with Crippen molar-refractivity contribution in [2.24, 2.45) is 0 Å². The van der Waals surface area contributed by atoms with E-state index in [2.05, 4.69) is 0 Å². The molecule has 0 aliphatic heterocycles. The number of benzene rings is 1. The maximum atomic E-state index is 12.9. The number of rotatable bonds is 9. The van der Waals surface area contributed by atoms with Crippen molar-refractivity contribution in [2.45, 2.75) is 13.1 Å². The lowest BCUT2D eigenvalue weighted by Gasteiger charge is -2.23. The van der Waals surface area contributed by atoms with Gasteiger partial charge in [-0.2, -0.15) is 4.31 Å². The molecule has 152 valence electrons. The fourth-order valence-corrected chi connectivity index (χ4v) is 4.17. The van der Waals surface area contributed by atoms with E-state index in [4.69, 9.17) is 4.42 Å². The van der Waals surface area contributed by atoms with Crippen LogP contribution in [0.2, 0.25) is 0 Å². The molecule has 0 saturated carbocycles. The Morgan fingerprint density at radius 2 is 1.86 bits per heavy atom. The Labute approximate surface area is 174 Å². The average Bonchev–Trinajstić information content (AvgIpc) is 3.41. The molecule has 0 bridgehead atoms. The molecule has 0 aliphatic rings. The number of thiophene rings is 1. The maximum absolute atomic E-state index is 12.9. The molecule has 2 aromatic heterocycles. The van der Waals surface area contributed by atoms with Gasteiger partial charge in [-0.05, 0) is 35.2 Å².